The van der Waals surface area contributed by atoms with Crippen molar-refractivity contribution in [3.63, 3.8) is 0 Å². The van der Waals surface area contributed by atoms with E-state index in [2.05, 4.69) is 9.80 Å². The van der Waals surface area contributed by atoms with Crippen molar-refractivity contribution in [2.24, 2.45) is 0 Å². The van der Waals surface area contributed by atoms with Crippen LogP contribution in [0.5, 0.6) is 0 Å². The lowest BCUT2D eigenvalue weighted by Gasteiger charge is -2.33. The van der Waals surface area contributed by atoms with Crippen molar-refractivity contribution >= 4 is 0 Å². The van der Waals surface area contributed by atoms with E-state index in [1.807, 2.05) is 0 Å². The van der Waals surface area contributed by atoms with Crippen LogP contribution in [-0.2, 0) is 14.2 Å². The van der Waals surface area contributed by atoms with Crippen molar-refractivity contribution in [1.29, 1.82) is 0 Å². The van der Waals surface area contributed by atoms with E-state index in [0.717, 1.165) is 72.2 Å². The smallest absolute Gasteiger partial charge is 0.124 e. The quantitative estimate of drug-likeness (QED) is 0.594. The Morgan fingerprint density at radius 1 is 1.00 bits per heavy atom. The highest BCUT2D eigenvalue weighted by atomic mass is 16.5. The Bertz CT molecular complexity index is 231. The average molecular weight is 272 g/mol. The molecule has 2 aliphatic rings. The minimum atomic E-state index is -0.0615. The summed E-state index contributed by atoms with van der Waals surface area (Å²) >= 11 is 0. The molecular formula is C13H26N3O3. The van der Waals surface area contributed by atoms with Crippen LogP contribution in [0.15, 0.2) is 0 Å². The summed E-state index contributed by atoms with van der Waals surface area (Å²) in [4.78, 5) is 4.63. The third-order valence-corrected chi connectivity index (χ3v) is 3.66. The van der Waals surface area contributed by atoms with Crippen LogP contribution < -0.4 is 5.73 Å². The number of morpholine rings is 2. The Morgan fingerprint density at radius 3 is 2.26 bits per heavy atom. The van der Waals surface area contributed by atoms with E-state index in [0.29, 0.717) is 6.54 Å². The van der Waals surface area contributed by atoms with E-state index in [-0.39, 0.29) is 6.23 Å². The zero-order valence-corrected chi connectivity index (χ0v) is 11.7. The molecule has 19 heavy (non-hydrogen) atoms. The molecule has 0 aromatic heterocycles. The Labute approximate surface area is 115 Å². The Kier molecular flexibility index (Phi) is 7.05. The van der Waals surface area contributed by atoms with Crippen LogP contribution in [-0.4, -0.2) is 88.3 Å². The second-order valence-corrected chi connectivity index (χ2v) is 4.99. The molecule has 2 saturated heterocycles. The maximum Gasteiger partial charge on any atom is 0.124 e. The monoisotopic (exact) mass is 272 g/mol. The first kappa shape index (κ1) is 15.2. The molecule has 1 radical (unpaired) electrons. The van der Waals surface area contributed by atoms with Gasteiger partial charge in [-0.25, -0.2) is 0 Å². The van der Waals surface area contributed by atoms with Crippen molar-refractivity contribution in [3.05, 3.63) is 0 Å². The summed E-state index contributed by atoms with van der Waals surface area (Å²) in [5, 5.41) is 0. The molecule has 6 heteroatoms. The molecule has 0 aromatic rings. The van der Waals surface area contributed by atoms with E-state index >= 15 is 0 Å². The van der Waals surface area contributed by atoms with Crippen molar-refractivity contribution in [1.82, 2.24) is 15.5 Å². The fraction of sp³-hybridized carbons (Fsp3) is 1.00. The molecule has 0 spiro atoms. The molecule has 0 amide bonds. The van der Waals surface area contributed by atoms with Crippen LogP contribution in [0, 0.1) is 0 Å². The summed E-state index contributed by atoms with van der Waals surface area (Å²) in [5.74, 6) is 0. The minimum Gasteiger partial charge on any atom is -0.379 e. The van der Waals surface area contributed by atoms with Gasteiger partial charge in [-0.2, -0.15) is 0 Å². The maximum absolute atomic E-state index is 7.59. The Hall–Kier alpha value is -0.240. The van der Waals surface area contributed by atoms with Gasteiger partial charge in [-0.15, -0.1) is 0 Å². The standard InChI is InChI=1S/C13H26N3O3/c14-12-13(16-5-10-18-11-6-16)19-7-1-2-15-3-8-17-9-4-15/h13-14H,1-12H2. The van der Waals surface area contributed by atoms with Gasteiger partial charge in [0.1, 0.15) is 6.23 Å². The number of hydrogen-bond donors (Lipinski definition) is 0. The fourth-order valence-corrected chi connectivity index (χ4v) is 2.49. The summed E-state index contributed by atoms with van der Waals surface area (Å²) in [6.07, 6.45) is 0.967. The number of ether oxygens (including phenoxy) is 3. The van der Waals surface area contributed by atoms with Crippen LogP contribution in [0.3, 0.4) is 0 Å². The first-order valence-electron chi connectivity index (χ1n) is 7.28. The number of hydrogen-bond acceptors (Lipinski definition) is 5. The highest BCUT2D eigenvalue weighted by Gasteiger charge is 2.20. The van der Waals surface area contributed by atoms with Crippen molar-refractivity contribution in [3.8, 4) is 0 Å². The predicted molar refractivity (Wildman–Crippen MR) is 72.0 cm³/mol. The summed E-state index contributed by atoms with van der Waals surface area (Å²) in [5.41, 5.74) is 7.59. The lowest BCUT2D eigenvalue weighted by molar-refractivity contribution is -0.0934. The van der Waals surface area contributed by atoms with Gasteiger partial charge in [0.2, 0.25) is 0 Å². The molecular weight excluding hydrogens is 246 g/mol. The van der Waals surface area contributed by atoms with Crippen LogP contribution >= 0.6 is 0 Å². The van der Waals surface area contributed by atoms with Crippen LogP contribution in [0.4, 0.5) is 0 Å². The normalized spacial score (nSPS) is 24.5. The molecule has 0 aromatic carbocycles. The number of nitrogens with zero attached hydrogens (tertiary/aromatic N) is 2. The molecule has 6 nitrogen and oxygen atoms in total. The number of nitrogens with one attached hydrogen (secondary N) is 1. The third-order valence-electron chi connectivity index (χ3n) is 3.66. The summed E-state index contributed by atoms with van der Waals surface area (Å²) in [6.45, 7) is 9.15. The Morgan fingerprint density at radius 2 is 1.63 bits per heavy atom. The molecule has 111 valence electrons. The summed E-state index contributed by atoms with van der Waals surface area (Å²) in [7, 11) is 0. The van der Waals surface area contributed by atoms with Gasteiger partial charge in [-0.1, -0.05) is 0 Å². The first-order valence-corrected chi connectivity index (χ1v) is 7.28. The van der Waals surface area contributed by atoms with Gasteiger partial charge in [0, 0.05) is 39.3 Å². The zero-order chi connectivity index (χ0) is 13.3. The largest absolute Gasteiger partial charge is 0.379 e. The predicted octanol–water partition coefficient (Wildman–Crippen LogP) is -0.333. The van der Waals surface area contributed by atoms with Gasteiger partial charge in [-0.3, -0.25) is 15.5 Å². The molecule has 0 saturated carbocycles. The molecule has 2 aliphatic heterocycles. The van der Waals surface area contributed by atoms with E-state index in [4.69, 9.17) is 19.9 Å². The van der Waals surface area contributed by atoms with Gasteiger partial charge >= 0.3 is 0 Å². The fourth-order valence-electron chi connectivity index (χ4n) is 2.49. The number of rotatable bonds is 7. The molecule has 2 heterocycles. The molecule has 1 unspecified atom stereocenters. The minimum absolute atomic E-state index is 0.0615. The highest BCUT2D eigenvalue weighted by Crippen LogP contribution is 2.06. The van der Waals surface area contributed by atoms with Crippen molar-refractivity contribution < 1.29 is 14.2 Å². The zero-order valence-electron chi connectivity index (χ0n) is 11.7. The van der Waals surface area contributed by atoms with E-state index in [1.165, 1.54) is 0 Å². The summed E-state index contributed by atoms with van der Waals surface area (Å²) in [6, 6.07) is 0. The first-order chi connectivity index (χ1) is 9.40. The van der Waals surface area contributed by atoms with Gasteiger partial charge in [0.15, 0.2) is 0 Å². The van der Waals surface area contributed by atoms with Crippen LogP contribution in [0.1, 0.15) is 6.42 Å². The van der Waals surface area contributed by atoms with E-state index in [1.54, 1.807) is 0 Å². The molecule has 1 N–H and O–H groups in total. The molecule has 0 bridgehead atoms. The molecule has 1 atom stereocenters. The van der Waals surface area contributed by atoms with Gasteiger partial charge in [0.05, 0.1) is 33.0 Å². The lowest BCUT2D eigenvalue weighted by Crippen LogP contribution is -2.47. The van der Waals surface area contributed by atoms with E-state index < -0.39 is 0 Å². The van der Waals surface area contributed by atoms with Crippen LogP contribution in [0.25, 0.3) is 0 Å². The average Bonchev–Trinajstić information content (AvgIpc) is 2.49. The highest BCUT2D eigenvalue weighted by molar-refractivity contribution is 4.68. The van der Waals surface area contributed by atoms with Crippen molar-refractivity contribution in [2.75, 3.05) is 72.3 Å². The summed E-state index contributed by atoms with van der Waals surface area (Å²) < 4.78 is 16.5. The Balaban J connectivity index is 1.57. The second kappa shape index (κ2) is 8.84. The molecule has 0 aliphatic carbocycles. The lowest BCUT2D eigenvalue weighted by atomic mass is 10.3. The molecule has 2 rings (SSSR count). The van der Waals surface area contributed by atoms with Crippen LogP contribution in [0.2, 0.25) is 0 Å². The third kappa shape index (κ3) is 5.33. The molecule has 2 fully saturated rings. The van der Waals surface area contributed by atoms with Gasteiger partial charge in [0.25, 0.3) is 0 Å². The second-order valence-electron chi connectivity index (χ2n) is 4.99. The van der Waals surface area contributed by atoms with Crippen molar-refractivity contribution in [2.45, 2.75) is 12.6 Å². The SMILES string of the molecule is [NH]CC(OCCCN1CCOCC1)N1CCOCC1. The maximum atomic E-state index is 7.59. The van der Waals surface area contributed by atoms with E-state index in [9.17, 15) is 0 Å². The van der Waals surface area contributed by atoms with Gasteiger partial charge < -0.3 is 14.2 Å². The van der Waals surface area contributed by atoms with Gasteiger partial charge in [-0.05, 0) is 6.42 Å². The topological polar surface area (TPSA) is 58.0 Å².